The molecule has 3 aromatic rings. The number of fused-ring (bicyclic) bond motifs is 1. The molecular weight excluding hydrogens is 347 g/mol. The lowest BCUT2D eigenvalue weighted by atomic mass is 10.1. The van der Waals surface area contributed by atoms with Gasteiger partial charge in [-0.3, -0.25) is 9.89 Å². The van der Waals surface area contributed by atoms with E-state index in [1.807, 2.05) is 0 Å². The second-order valence-electron chi connectivity index (χ2n) is 5.93. The van der Waals surface area contributed by atoms with Crippen molar-refractivity contribution in [3.63, 3.8) is 0 Å². The highest BCUT2D eigenvalue weighted by Crippen LogP contribution is 2.29. The third-order valence-corrected chi connectivity index (χ3v) is 4.51. The topological polar surface area (TPSA) is 101 Å². The van der Waals surface area contributed by atoms with Crippen LogP contribution in [0.2, 0.25) is 5.02 Å². The molecule has 3 heterocycles. The van der Waals surface area contributed by atoms with E-state index in [-0.39, 0.29) is 33.9 Å². The van der Waals surface area contributed by atoms with E-state index in [1.165, 1.54) is 12.3 Å². The van der Waals surface area contributed by atoms with Crippen molar-refractivity contribution < 1.29 is 9.18 Å². The lowest BCUT2D eigenvalue weighted by Crippen LogP contribution is -2.32. The number of hydrogen-bond donors (Lipinski definition) is 2. The van der Waals surface area contributed by atoms with E-state index in [2.05, 4.69) is 20.2 Å². The number of nitrogens with two attached hydrogens (primary N) is 1. The van der Waals surface area contributed by atoms with Crippen LogP contribution < -0.4 is 5.73 Å². The van der Waals surface area contributed by atoms with E-state index in [9.17, 15) is 9.18 Å². The van der Waals surface area contributed by atoms with Crippen LogP contribution in [0.1, 0.15) is 16.9 Å². The highest BCUT2D eigenvalue weighted by Gasteiger charge is 2.26. The van der Waals surface area contributed by atoms with Gasteiger partial charge in [0, 0.05) is 24.7 Å². The van der Waals surface area contributed by atoms with Gasteiger partial charge in [0.2, 0.25) is 5.65 Å². The van der Waals surface area contributed by atoms with Gasteiger partial charge in [-0.1, -0.05) is 17.7 Å². The lowest BCUT2D eigenvalue weighted by molar-refractivity contribution is 0.0785. The Balaban J connectivity index is 1.72. The summed E-state index contributed by atoms with van der Waals surface area (Å²) in [6.07, 6.45) is 2.14. The standard InChI is InChI=1S/C16H14ClFN6O/c17-10-3-1-2-9(12(10)18)13-14-15(23-22-13)21-11(6-20-14)16(25)24-5-4-8(19)7-24/h1-3,6,8H,4-5,7,19H2,(H,21,22,23). The summed E-state index contributed by atoms with van der Waals surface area (Å²) in [5.41, 5.74) is 7.24. The fourth-order valence-electron chi connectivity index (χ4n) is 2.92. The van der Waals surface area contributed by atoms with Gasteiger partial charge < -0.3 is 10.6 Å². The molecule has 3 N–H and O–H groups in total. The maximum absolute atomic E-state index is 14.2. The summed E-state index contributed by atoms with van der Waals surface area (Å²) >= 11 is 5.83. The van der Waals surface area contributed by atoms with E-state index in [0.717, 1.165) is 6.42 Å². The summed E-state index contributed by atoms with van der Waals surface area (Å²) < 4.78 is 14.2. The summed E-state index contributed by atoms with van der Waals surface area (Å²) in [7, 11) is 0. The molecule has 1 aliphatic heterocycles. The summed E-state index contributed by atoms with van der Waals surface area (Å²) in [6, 6.07) is 4.65. The minimum absolute atomic E-state index is 0.00498. The first-order chi connectivity index (χ1) is 12.0. The normalized spacial score (nSPS) is 17.4. The molecule has 0 spiro atoms. The number of hydrogen-bond acceptors (Lipinski definition) is 5. The van der Waals surface area contributed by atoms with Crippen molar-refractivity contribution in [2.24, 2.45) is 5.73 Å². The monoisotopic (exact) mass is 360 g/mol. The Hall–Kier alpha value is -2.58. The van der Waals surface area contributed by atoms with Crippen LogP contribution in [0.25, 0.3) is 22.4 Å². The van der Waals surface area contributed by atoms with Gasteiger partial charge in [-0.15, -0.1) is 0 Å². The van der Waals surface area contributed by atoms with Crippen molar-refractivity contribution in [1.29, 1.82) is 0 Å². The molecule has 1 unspecified atom stereocenters. The van der Waals surface area contributed by atoms with Gasteiger partial charge in [-0.2, -0.15) is 5.10 Å². The van der Waals surface area contributed by atoms with Crippen LogP contribution in [0.5, 0.6) is 0 Å². The Bertz CT molecular complexity index is 974. The van der Waals surface area contributed by atoms with Crippen LogP contribution in [0.3, 0.4) is 0 Å². The van der Waals surface area contributed by atoms with Crippen molar-refractivity contribution in [3.8, 4) is 11.3 Å². The molecule has 1 fully saturated rings. The largest absolute Gasteiger partial charge is 0.336 e. The number of likely N-dealkylation sites (tertiary alicyclic amines) is 1. The van der Waals surface area contributed by atoms with Crippen LogP contribution >= 0.6 is 11.6 Å². The number of carbonyl (C=O) groups is 1. The molecule has 128 valence electrons. The molecule has 1 amide bonds. The van der Waals surface area contributed by atoms with E-state index in [4.69, 9.17) is 17.3 Å². The van der Waals surface area contributed by atoms with Crippen molar-refractivity contribution in [2.45, 2.75) is 12.5 Å². The Morgan fingerprint density at radius 1 is 1.44 bits per heavy atom. The van der Waals surface area contributed by atoms with Gasteiger partial charge in [0.05, 0.1) is 16.9 Å². The number of halogens is 2. The quantitative estimate of drug-likeness (QED) is 0.727. The van der Waals surface area contributed by atoms with Crippen molar-refractivity contribution in [3.05, 3.63) is 40.9 Å². The van der Waals surface area contributed by atoms with Gasteiger partial charge in [0.1, 0.15) is 11.2 Å². The van der Waals surface area contributed by atoms with Gasteiger partial charge in [0.25, 0.3) is 5.91 Å². The maximum atomic E-state index is 14.2. The van der Waals surface area contributed by atoms with E-state index >= 15 is 0 Å². The van der Waals surface area contributed by atoms with Crippen LogP contribution in [-0.2, 0) is 0 Å². The molecular formula is C16H14ClFN6O. The van der Waals surface area contributed by atoms with Gasteiger partial charge >= 0.3 is 0 Å². The molecule has 2 aromatic heterocycles. The van der Waals surface area contributed by atoms with E-state index in [1.54, 1.807) is 17.0 Å². The number of carbonyl (C=O) groups excluding carboxylic acids is 1. The number of nitrogens with zero attached hydrogens (tertiary/aromatic N) is 4. The molecule has 0 radical (unpaired) electrons. The molecule has 1 aliphatic rings. The third-order valence-electron chi connectivity index (χ3n) is 4.22. The minimum atomic E-state index is -0.567. The molecule has 1 aromatic carbocycles. The first kappa shape index (κ1) is 15.9. The molecule has 9 heteroatoms. The zero-order valence-electron chi connectivity index (χ0n) is 13.0. The highest BCUT2D eigenvalue weighted by atomic mass is 35.5. The number of amides is 1. The van der Waals surface area contributed by atoms with Crippen LogP contribution in [-0.4, -0.2) is 50.1 Å². The maximum Gasteiger partial charge on any atom is 0.274 e. The van der Waals surface area contributed by atoms with Crippen molar-refractivity contribution in [1.82, 2.24) is 25.1 Å². The predicted molar refractivity (Wildman–Crippen MR) is 90.6 cm³/mol. The second-order valence-corrected chi connectivity index (χ2v) is 6.33. The SMILES string of the molecule is NC1CCN(C(=O)c2cnc3c(-c4cccc(Cl)c4F)[nH]nc3n2)C1. The molecule has 1 atom stereocenters. The van der Waals surface area contributed by atoms with E-state index < -0.39 is 5.82 Å². The first-order valence-corrected chi connectivity index (χ1v) is 8.12. The molecule has 0 aliphatic carbocycles. The number of benzene rings is 1. The Morgan fingerprint density at radius 3 is 3.04 bits per heavy atom. The van der Waals surface area contributed by atoms with Gasteiger partial charge in [-0.25, -0.2) is 14.4 Å². The molecule has 1 saturated heterocycles. The fourth-order valence-corrected chi connectivity index (χ4v) is 3.09. The lowest BCUT2D eigenvalue weighted by Gasteiger charge is -2.14. The zero-order chi connectivity index (χ0) is 17.6. The Morgan fingerprint density at radius 2 is 2.28 bits per heavy atom. The average molecular weight is 361 g/mol. The molecule has 0 saturated carbocycles. The predicted octanol–water partition coefficient (Wildman–Crippen LogP) is 1.99. The summed E-state index contributed by atoms with van der Waals surface area (Å²) in [5.74, 6) is -0.802. The van der Waals surface area contributed by atoms with Crippen LogP contribution in [0, 0.1) is 5.82 Å². The number of nitrogens with one attached hydrogen (secondary N) is 1. The number of aromatic amines is 1. The number of aromatic nitrogens is 4. The summed E-state index contributed by atoms with van der Waals surface area (Å²) in [4.78, 5) is 22.6. The van der Waals surface area contributed by atoms with Gasteiger partial charge in [0.15, 0.2) is 5.82 Å². The summed E-state index contributed by atoms with van der Waals surface area (Å²) in [6.45, 7) is 1.09. The Kier molecular flexibility index (Phi) is 3.85. The average Bonchev–Trinajstić information content (AvgIpc) is 3.22. The second kappa shape index (κ2) is 6.05. The van der Waals surface area contributed by atoms with E-state index in [0.29, 0.717) is 24.3 Å². The summed E-state index contributed by atoms with van der Waals surface area (Å²) in [5, 5.41) is 6.77. The highest BCUT2D eigenvalue weighted by molar-refractivity contribution is 6.31. The molecule has 4 rings (SSSR count). The van der Waals surface area contributed by atoms with Gasteiger partial charge in [-0.05, 0) is 18.6 Å². The first-order valence-electron chi connectivity index (χ1n) is 7.75. The Labute approximate surface area is 147 Å². The third kappa shape index (κ3) is 2.73. The van der Waals surface area contributed by atoms with Crippen LogP contribution in [0.4, 0.5) is 4.39 Å². The molecule has 7 nitrogen and oxygen atoms in total. The zero-order valence-corrected chi connectivity index (χ0v) is 13.8. The smallest absolute Gasteiger partial charge is 0.274 e. The van der Waals surface area contributed by atoms with Crippen LogP contribution in [0.15, 0.2) is 24.4 Å². The number of rotatable bonds is 2. The number of H-pyrrole nitrogens is 1. The fraction of sp³-hybridized carbons (Fsp3) is 0.250. The minimum Gasteiger partial charge on any atom is -0.336 e. The molecule has 0 bridgehead atoms. The van der Waals surface area contributed by atoms with Crippen molar-refractivity contribution in [2.75, 3.05) is 13.1 Å². The molecule has 25 heavy (non-hydrogen) atoms. The van der Waals surface area contributed by atoms with Crippen molar-refractivity contribution >= 4 is 28.7 Å².